The number of hydrogen-bond donors (Lipinski definition) is 3. The molecular weight excluding hydrogens is 274 g/mol. The molecule has 0 aliphatic carbocycles. The summed E-state index contributed by atoms with van der Waals surface area (Å²) in [5.74, 6) is 0. The molecule has 0 aliphatic rings. The van der Waals surface area contributed by atoms with Gasteiger partial charge < -0.3 is 16.4 Å². The number of urea groups is 1. The molecule has 0 radical (unpaired) electrons. The fourth-order valence-electron chi connectivity index (χ4n) is 1.82. The summed E-state index contributed by atoms with van der Waals surface area (Å²) < 4.78 is 0. The number of aryl methyl sites for hydroxylation is 2. The summed E-state index contributed by atoms with van der Waals surface area (Å²) in [6, 6.07) is 10.3. The molecule has 2 aromatic rings. The van der Waals surface area contributed by atoms with Crippen LogP contribution in [0.1, 0.15) is 11.1 Å². The van der Waals surface area contributed by atoms with Gasteiger partial charge in [0.15, 0.2) is 0 Å². The van der Waals surface area contributed by atoms with E-state index in [1.54, 1.807) is 24.3 Å². The van der Waals surface area contributed by atoms with Crippen LogP contribution in [0.5, 0.6) is 0 Å². The third kappa shape index (κ3) is 3.42. The molecule has 0 atom stereocenters. The number of anilines is 3. The van der Waals surface area contributed by atoms with Crippen LogP contribution >= 0.6 is 11.6 Å². The highest BCUT2D eigenvalue weighted by Crippen LogP contribution is 2.22. The van der Waals surface area contributed by atoms with Gasteiger partial charge in [0, 0.05) is 22.1 Å². The SMILES string of the molecule is Cc1cc(NC(=O)Nc2cccc(Cl)c2)c(C)cc1N. The highest BCUT2D eigenvalue weighted by atomic mass is 35.5. The van der Waals surface area contributed by atoms with E-state index >= 15 is 0 Å². The number of carbonyl (C=O) groups is 1. The molecule has 2 rings (SSSR count). The van der Waals surface area contributed by atoms with E-state index < -0.39 is 0 Å². The van der Waals surface area contributed by atoms with E-state index in [2.05, 4.69) is 10.6 Å². The van der Waals surface area contributed by atoms with Crippen LogP contribution in [0.15, 0.2) is 36.4 Å². The molecule has 2 amide bonds. The molecule has 0 bridgehead atoms. The second-order valence-corrected chi connectivity index (χ2v) is 5.05. The third-order valence-corrected chi connectivity index (χ3v) is 3.18. The number of hydrogen-bond acceptors (Lipinski definition) is 2. The predicted octanol–water partition coefficient (Wildman–Crippen LogP) is 4.18. The molecule has 0 heterocycles. The second kappa shape index (κ2) is 5.84. The molecule has 4 N–H and O–H groups in total. The van der Waals surface area contributed by atoms with Crippen LogP contribution in [0, 0.1) is 13.8 Å². The van der Waals surface area contributed by atoms with E-state index in [0.29, 0.717) is 16.4 Å². The Kier molecular flexibility index (Phi) is 4.15. The number of rotatable bonds is 2. The smallest absolute Gasteiger partial charge is 0.323 e. The van der Waals surface area contributed by atoms with E-state index in [-0.39, 0.29) is 6.03 Å². The van der Waals surface area contributed by atoms with E-state index in [4.69, 9.17) is 17.3 Å². The van der Waals surface area contributed by atoms with E-state index in [0.717, 1.165) is 16.8 Å². The predicted molar refractivity (Wildman–Crippen MR) is 84.4 cm³/mol. The average molecular weight is 290 g/mol. The lowest BCUT2D eigenvalue weighted by Gasteiger charge is -2.12. The molecule has 0 fully saturated rings. The molecule has 0 saturated heterocycles. The molecule has 0 spiro atoms. The third-order valence-electron chi connectivity index (χ3n) is 2.94. The Morgan fingerprint density at radius 1 is 1.10 bits per heavy atom. The quantitative estimate of drug-likeness (QED) is 0.726. The van der Waals surface area contributed by atoms with Crippen LogP contribution in [0.2, 0.25) is 5.02 Å². The number of carbonyl (C=O) groups excluding carboxylic acids is 1. The number of nitrogens with one attached hydrogen (secondary N) is 2. The first kappa shape index (κ1) is 14.2. The zero-order valence-electron chi connectivity index (χ0n) is 11.3. The minimum absolute atomic E-state index is 0.320. The Morgan fingerprint density at radius 2 is 1.85 bits per heavy atom. The Morgan fingerprint density at radius 3 is 2.55 bits per heavy atom. The van der Waals surface area contributed by atoms with Crippen molar-refractivity contribution in [1.82, 2.24) is 0 Å². The summed E-state index contributed by atoms with van der Waals surface area (Å²) in [5.41, 5.74) is 9.74. The Balaban J connectivity index is 2.10. The molecule has 0 saturated carbocycles. The van der Waals surface area contributed by atoms with Crippen molar-refractivity contribution < 1.29 is 4.79 Å². The lowest BCUT2D eigenvalue weighted by Crippen LogP contribution is -2.20. The van der Waals surface area contributed by atoms with Gasteiger partial charge in [-0.15, -0.1) is 0 Å². The van der Waals surface area contributed by atoms with Crippen LogP contribution in [-0.2, 0) is 0 Å². The second-order valence-electron chi connectivity index (χ2n) is 4.61. The van der Waals surface area contributed by atoms with Gasteiger partial charge in [0.05, 0.1) is 0 Å². The van der Waals surface area contributed by atoms with Gasteiger partial charge in [-0.05, 0) is 55.3 Å². The lowest BCUT2D eigenvalue weighted by atomic mass is 10.1. The topological polar surface area (TPSA) is 67.2 Å². The molecule has 2 aromatic carbocycles. The lowest BCUT2D eigenvalue weighted by molar-refractivity contribution is 0.262. The minimum Gasteiger partial charge on any atom is -0.399 e. The van der Waals surface area contributed by atoms with Crippen molar-refractivity contribution in [1.29, 1.82) is 0 Å². The zero-order chi connectivity index (χ0) is 14.7. The molecule has 0 aromatic heterocycles. The summed E-state index contributed by atoms with van der Waals surface area (Å²) in [5, 5.41) is 6.10. The number of nitrogens with two attached hydrogens (primary N) is 1. The van der Waals surface area contributed by atoms with Gasteiger partial charge in [0.1, 0.15) is 0 Å². The first-order chi connectivity index (χ1) is 9.45. The van der Waals surface area contributed by atoms with Crippen molar-refractivity contribution in [2.24, 2.45) is 0 Å². The molecule has 20 heavy (non-hydrogen) atoms. The Hall–Kier alpha value is -2.20. The molecule has 4 nitrogen and oxygen atoms in total. The van der Waals surface area contributed by atoms with Gasteiger partial charge >= 0.3 is 6.03 Å². The molecular formula is C15H16ClN3O. The average Bonchev–Trinajstić information content (AvgIpc) is 2.36. The van der Waals surface area contributed by atoms with Crippen molar-refractivity contribution in [2.75, 3.05) is 16.4 Å². The van der Waals surface area contributed by atoms with Crippen molar-refractivity contribution in [3.63, 3.8) is 0 Å². The summed E-state index contributed by atoms with van der Waals surface area (Å²) in [7, 11) is 0. The number of halogens is 1. The molecule has 104 valence electrons. The van der Waals surface area contributed by atoms with E-state index in [1.165, 1.54) is 0 Å². The standard InChI is InChI=1S/C15H16ClN3O/c1-9-7-14(10(2)6-13(9)17)19-15(20)18-12-5-3-4-11(16)8-12/h3-8H,17H2,1-2H3,(H2,18,19,20). The Labute approximate surface area is 122 Å². The summed E-state index contributed by atoms with van der Waals surface area (Å²) in [6.45, 7) is 3.79. The first-order valence-corrected chi connectivity index (χ1v) is 6.54. The number of nitrogen functional groups attached to an aromatic ring is 1. The number of benzene rings is 2. The van der Waals surface area contributed by atoms with Crippen LogP contribution in [0.3, 0.4) is 0 Å². The maximum atomic E-state index is 11.9. The summed E-state index contributed by atoms with van der Waals surface area (Å²) >= 11 is 5.87. The fraction of sp³-hybridized carbons (Fsp3) is 0.133. The molecule has 5 heteroatoms. The van der Waals surface area contributed by atoms with Crippen LogP contribution in [0.25, 0.3) is 0 Å². The first-order valence-electron chi connectivity index (χ1n) is 6.16. The highest BCUT2D eigenvalue weighted by Gasteiger charge is 2.07. The maximum absolute atomic E-state index is 11.9. The number of amides is 2. The largest absolute Gasteiger partial charge is 0.399 e. The summed E-state index contributed by atoms with van der Waals surface area (Å²) in [4.78, 5) is 11.9. The normalized spacial score (nSPS) is 10.2. The molecule has 0 unspecified atom stereocenters. The van der Waals surface area contributed by atoms with Gasteiger partial charge in [-0.2, -0.15) is 0 Å². The van der Waals surface area contributed by atoms with Gasteiger partial charge in [-0.25, -0.2) is 4.79 Å². The van der Waals surface area contributed by atoms with Crippen molar-refractivity contribution in [3.05, 3.63) is 52.5 Å². The summed E-state index contributed by atoms with van der Waals surface area (Å²) in [6.07, 6.45) is 0. The van der Waals surface area contributed by atoms with Crippen LogP contribution < -0.4 is 16.4 Å². The van der Waals surface area contributed by atoms with Gasteiger partial charge in [0.25, 0.3) is 0 Å². The Bertz CT molecular complexity index is 656. The van der Waals surface area contributed by atoms with Crippen molar-refractivity contribution in [2.45, 2.75) is 13.8 Å². The van der Waals surface area contributed by atoms with E-state index in [9.17, 15) is 4.79 Å². The van der Waals surface area contributed by atoms with Crippen LogP contribution in [0.4, 0.5) is 21.9 Å². The molecule has 0 aliphatic heterocycles. The van der Waals surface area contributed by atoms with Crippen molar-refractivity contribution >= 4 is 34.7 Å². The monoisotopic (exact) mass is 289 g/mol. The van der Waals surface area contributed by atoms with Gasteiger partial charge in [-0.3, -0.25) is 0 Å². The van der Waals surface area contributed by atoms with Gasteiger partial charge in [-0.1, -0.05) is 17.7 Å². The highest BCUT2D eigenvalue weighted by molar-refractivity contribution is 6.30. The van der Waals surface area contributed by atoms with E-state index in [1.807, 2.05) is 26.0 Å². The fourth-order valence-corrected chi connectivity index (χ4v) is 2.01. The zero-order valence-corrected chi connectivity index (χ0v) is 12.1. The van der Waals surface area contributed by atoms with Crippen LogP contribution in [-0.4, -0.2) is 6.03 Å². The maximum Gasteiger partial charge on any atom is 0.323 e. The van der Waals surface area contributed by atoms with Gasteiger partial charge in [0.2, 0.25) is 0 Å². The minimum atomic E-state index is -0.320. The van der Waals surface area contributed by atoms with Crippen molar-refractivity contribution in [3.8, 4) is 0 Å².